The molecule has 2 aromatic rings. The van der Waals surface area contributed by atoms with Gasteiger partial charge in [-0.3, -0.25) is 0 Å². The molecule has 0 spiro atoms. The van der Waals surface area contributed by atoms with Gasteiger partial charge in [-0.1, -0.05) is 49.7 Å². The van der Waals surface area contributed by atoms with E-state index >= 15 is 0 Å². The lowest BCUT2D eigenvalue weighted by atomic mass is 10.0. The third-order valence-electron chi connectivity index (χ3n) is 3.96. The molecule has 2 aromatic carbocycles. The number of hydrogen-bond acceptors (Lipinski definition) is 3. The molecule has 0 radical (unpaired) electrons. The molecule has 0 aliphatic carbocycles. The number of sulfonamides is 1. The zero-order valence-electron chi connectivity index (χ0n) is 15.3. The minimum atomic E-state index is -3.48. The van der Waals surface area contributed by atoms with Crippen LogP contribution in [0.25, 0.3) is 0 Å². The zero-order valence-corrected chi connectivity index (χ0v) is 16.9. The highest BCUT2D eigenvalue weighted by Crippen LogP contribution is 2.20. The van der Waals surface area contributed by atoms with Gasteiger partial charge in [-0.15, -0.1) is 0 Å². The summed E-state index contributed by atoms with van der Waals surface area (Å²) in [6.07, 6.45) is 1.96. The summed E-state index contributed by atoms with van der Waals surface area (Å²) >= 11 is 5.43. The standard InChI is InChI=1S/C19H25N3O2S2/c1-4-9-18(15-10-6-5-7-11-15)21-19(25)20-16-12-8-13-17(14-16)26(23,24)22(2)3/h5-8,10-14,18H,4,9H2,1-3H3,(H2,20,21,25)/t18-/m0/s1. The van der Waals surface area contributed by atoms with Gasteiger partial charge in [0.2, 0.25) is 10.0 Å². The molecule has 0 saturated heterocycles. The Bertz CT molecular complexity index is 837. The predicted octanol–water partition coefficient (Wildman–Crippen LogP) is 3.76. The Morgan fingerprint density at radius 3 is 2.42 bits per heavy atom. The van der Waals surface area contributed by atoms with Crippen LogP contribution in [0.15, 0.2) is 59.5 Å². The van der Waals surface area contributed by atoms with Crippen LogP contribution in [-0.4, -0.2) is 31.9 Å². The topological polar surface area (TPSA) is 61.4 Å². The first kappa shape index (κ1) is 20.4. The van der Waals surface area contributed by atoms with E-state index in [1.807, 2.05) is 18.2 Å². The number of anilines is 1. The minimum Gasteiger partial charge on any atom is -0.356 e. The van der Waals surface area contributed by atoms with Crippen molar-refractivity contribution in [1.29, 1.82) is 0 Å². The maximum atomic E-state index is 12.3. The van der Waals surface area contributed by atoms with Crippen molar-refractivity contribution in [2.75, 3.05) is 19.4 Å². The van der Waals surface area contributed by atoms with Gasteiger partial charge in [0.15, 0.2) is 5.11 Å². The second kappa shape index (κ2) is 9.12. The fraction of sp³-hybridized carbons (Fsp3) is 0.316. The fourth-order valence-corrected chi connectivity index (χ4v) is 3.77. The van der Waals surface area contributed by atoms with Gasteiger partial charge in [-0.05, 0) is 42.4 Å². The van der Waals surface area contributed by atoms with Crippen LogP contribution in [0.4, 0.5) is 5.69 Å². The van der Waals surface area contributed by atoms with Crippen LogP contribution in [0.3, 0.4) is 0 Å². The van der Waals surface area contributed by atoms with Gasteiger partial charge in [0.05, 0.1) is 10.9 Å². The van der Waals surface area contributed by atoms with Crippen molar-refractivity contribution in [1.82, 2.24) is 9.62 Å². The molecule has 0 aliphatic heterocycles. The van der Waals surface area contributed by atoms with Crippen LogP contribution in [0.5, 0.6) is 0 Å². The monoisotopic (exact) mass is 391 g/mol. The highest BCUT2D eigenvalue weighted by molar-refractivity contribution is 7.89. The summed E-state index contributed by atoms with van der Waals surface area (Å²) in [5, 5.41) is 6.88. The predicted molar refractivity (Wildman–Crippen MR) is 111 cm³/mol. The van der Waals surface area contributed by atoms with Gasteiger partial charge in [0.25, 0.3) is 0 Å². The maximum Gasteiger partial charge on any atom is 0.242 e. The van der Waals surface area contributed by atoms with E-state index in [1.54, 1.807) is 24.3 Å². The van der Waals surface area contributed by atoms with E-state index in [4.69, 9.17) is 12.2 Å². The highest BCUT2D eigenvalue weighted by atomic mass is 32.2. The Hall–Kier alpha value is -1.96. The first-order chi connectivity index (χ1) is 12.3. The summed E-state index contributed by atoms with van der Waals surface area (Å²) in [6.45, 7) is 2.13. The zero-order chi connectivity index (χ0) is 19.2. The second-order valence-corrected chi connectivity index (χ2v) is 8.73. The first-order valence-electron chi connectivity index (χ1n) is 8.49. The van der Waals surface area contributed by atoms with Crippen molar-refractivity contribution in [3.8, 4) is 0 Å². The molecule has 2 N–H and O–H groups in total. The van der Waals surface area contributed by atoms with Crippen LogP contribution < -0.4 is 10.6 Å². The molecular weight excluding hydrogens is 366 g/mol. The van der Waals surface area contributed by atoms with Crippen LogP contribution in [0.1, 0.15) is 31.4 Å². The fourth-order valence-electron chi connectivity index (χ4n) is 2.57. The molecule has 0 bridgehead atoms. The maximum absolute atomic E-state index is 12.3. The molecule has 0 heterocycles. The molecule has 1 atom stereocenters. The highest BCUT2D eigenvalue weighted by Gasteiger charge is 2.17. The Kier molecular flexibility index (Phi) is 7.14. The average Bonchev–Trinajstić information content (AvgIpc) is 2.62. The molecule has 0 amide bonds. The Labute approximate surface area is 161 Å². The third kappa shape index (κ3) is 5.27. The molecule has 2 rings (SSSR count). The summed E-state index contributed by atoms with van der Waals surface area (Å²) in [5.41, 5.74) is 1.80. The summed E-state index contributed by atoms with van der Waals surface area (Å²) in [7, 11) is -0.459. The first-order valence-corrected chi connectivity index (χ1v) is 10.3. The number of hydrogen-bond donors (Lipinski definition) is 2. The smallest absolute Gasteiger partial charge is 0.242 e. The second-order valence-electron chi connectivity index (χ2n) is 6.17. The number of thiocarbonyl (C=S) groups is 1. The van der Waals surface area contributed by atoms with Crippen molar-refractivity contribution in [2.45, 2.75) is 30.7 Å². The molecule has 0 fully saturated rings. The van der Waals surface area contributed by atoms with E-state index in [2.05, 4.69) is 29.7 Å². The van der Waals surface area contributed by atoms with E-state index < -0.39 is 10.0 Å². The van der Waals surface area contributed by atoms with Gasteiger partial charge < -0.3 is 10.6 Å². The Balaban J connectivity index is 2.12. The molecule has 140 valence electrons. The lowest BCUT2D eigenvalue weighted by Crippen LogP contribution is -2.32. The van der Waals surface area contributed by atoms with Crippen LogP contribution in [0, 0.1) is 0 Å². The van der Waals surface area contributed by atoms with Gasteiger partial charge in [0.1, 0.15) is 0 Å². The quantitative estimate of drug-likeness (QED) is 0.704. The minimum absolute atomic E-state index is 0.106. The van der Waals surface area contributed by atoms with Crippen LogP contribution in [0.2, 0.25) is 0 Å². The van der Waals surface area contributed by atoms with E-state index in [-0.39, 0.29) is 10.9 Å². The molecule has 0 aliphatic rings. The molecule has 0 aromatic heterocycles. The summed E-state index contributed by atoms with van der Waals surface area (Å²) in [6, 6.07) is 16.9. The number of nitrogens with one attached hydrogen (secondary N) is 2. The summed E-state index contributed by atoms with van der Waals surface area (Å²) in [4.78, 5) is 0.225. The van der Waals surface area contributed by atoms with E-state index in [9.17, 15) is 8.42 Å². The lowest BCUT2D eigenvalue weighted by molar-refractivity contribution is 0.521. The van der Waals surface area contributed by atoms with E-state index in [0.29, 0.717) is 10.8 Å². The largest absolute Gasteiger partial charge is 0.356 e. The van der Waals surface area contributed by atoms with Crippen molar-refractivity contribution >= 4 is 33.0 Å². The Morgan fingerprint density at radius 2 is 1.81 bits per heavy atom. The summed E-state index contributed by atoms with van der Waals surface area (Å²) < 4.78 is 25.7. The van der Waals surface area contributed by atoms with Gasteiger partial charge >= 0.3 is 0 Å². The molecule has 5 nitrogen and oxygen atoms in total. The van der Waals surface area contributed by atoms with Crippen molar-refractivity contribution in [3.05, 3.63) is 60.2 Å². The van der Waals surface area contributed by atoms with Gasteiger partial charge in [-0.2, -0.15) is 0 Å². The summed E-state index contributed by atoms with van der Waals surface area (Å²) in [5.74, 6) is 0. The average molecular weight is 392 g/mol. The third-order valence-corrected chi connectivity index (χ3v) is 5.99. The molecule has 0 unspecified atom stereocenters. The molecular formula is C19H25N3O2S2. The van der Waals surface area contributed by atoms with Crippen molar-refractivity contribution in [2.24, 2.45) is 0 Å². The molecule has 26 heavy (non-hydrogen) atoms. The SMILES string of the molecule is CCC[C@H](NC(=S)Nc1cccc(S(=O)(=O)N(C)C)c1)c1ccccc1. The van der Waals surface area contributed by atoms with Crippen molar-refractivity contribution in [3.63, 3.8) is 0 Å². The van der Waals surface area contributed by atoms with E-state index in [1.165, 1.54) is 24.0 Å². The lowest BCUT2D eigenvalue weighted by Gasteiger charge is -2.21. The van der Waals surface area contributed by atoms with Crippen LogP contribution in [-0.2, 0) is 10.0 Å². The van der Waals surface area contributed by atoms with E-state index in [0.717, 1.165) is 12.8 Å². The number of rotatable bonds is 7. The van der Waals surface area contributed by atoms with Crippen LogP contribution >= 0.6 is 12.2 Å². The van der Waals surface area contributed by atoms with Crippen molar-refractivity contribution < 1.29 is 8.42 Å². The number of nitrogens with zero attached hydrogens (tertiary/aromatic N) is 1. The molecule has 7 heteroatoms. The Morgan fingerprint density at radius 1 is 1.12 bits per heavy atom. The molecule has 0 saturated carbocycles. The number of benzene rings is 2. The van der Waals surface area contributed by atoms with Gasteiger partial charge in [-0.25, -0.2) is 12.7 Å². The van der Waals surface area contributed by atoms with Gasteiger partial charge in [0, 0.05) is 19.8 Å². The normalized spacial score (nSPS) is 12.6.